The lowest BCUT2D eigenvalue weighted by Gasteiger charge is -2.35. The van der Waals surface area contributed by atoms with Gasteiger partial charge in [0.1, 0.15) is 0 Å². The summed E-state index contributed by atoms with van der Waals surface area (Å²) in [7, 11) is 0. The molecular formula is C18H35NO2. The molecule has 2 aliphatic rings. The van der Waals surface area contributed by atoms with Crippen molar-refractivity contribution in [2.75, 3.05) is 32.9 Å². The van der Waals surface area contributed by atoms with Gasteiger partial charge in [-0.3, -0.25) is 0 Å². The molecule has 1 aliphatic carbocycles. The number of ether oxygens (including phenoxy) is 2. The van der Waals surface area contributed by atoms with Gasteiger partial charge in [-0.2, -0.15) is 0 Å². The fourth-order valence-electron chi connectivity index (χ4n) is 3.50. The third-order valence-corrected chi connectivity index (χ3v) is 5.04. The molecule has 0 aromatic carbocycles. The Balaban J connectivity index is 1.80. The average molecular weight is 297 g/mol. The number of rotatable bonds is 11. The van der Waals surface area contributed by atoms with Crippen LogP contribution < -0.4 is 5.32 Å². The van der Waals surface area contributed by atoms with Crippen molar-refractivity contribution in [2.45, 2.75) is 65.4 Å². The molecule has 1 N–H and O–H groups in total. The maximum atomic E-state index is 6.12. The summed E-state index contributed by atoms with van der Waals surface area (Å²) in [6.07, 6.45) is 7.96. The van der Waals surface area contributed by atoms with E-state index in [1.807, 2.05) is 0 Å². The highest BCUT2D eigenvalue weighted by atomic mass is 16.5. The summed E-state index contributed by atoms with van der Waals surface area (Å²) in [5, 5.41) is 3.65. The molecule has 1 saturated carbocycles. The SMILES string of the molecule is CCCNCC1(CCOCCC(C)C)CCOC1C1CC1. The zero-order valence-corrected chi connectivity index (χ0v) is 14.3. The van der Waals surface area contributed by atoms with E-state index in [9.17, 15) is 0 Å². The quantitative estimate of drug-likeness (QED) is 0.591. The van der Waals surface area contributed by atoms with Crippen LogP contribution in [0.15, 0.2) is 0 Å². The summed E-state index contributed by atoms with van der Waals surface area (Å²) < 4.78 is 12.0. The van der Waals surface area contributed by atoms with Crippen LogP contribution in [-0.2, 0) is 9.47 Å². The predicted octanol–water partition coefficient (Wildman–Crippen LogP) is 3.62. The fraction of sp³-hybridized carbons (Fsp3) is 1.00. The number of hydrogen-bond acceptors (Lipinski definition) is 3. The monoisotopic (exact) mass is 297 g/mol. The van der Waals surface area contributed by atoms with Crippen LogP contribution in [0.1, 0.15) is 59.3 Å². The Morgan fingerprint density at radius 1 is 1.29 bits per heavy atom. The lowest BCUT2D eigenvalue weighted by Crippen LogP contribution is -2.43. The van der Waals surface area contributed by atoms with Crippen LogP contribution >= 0.6 is 0 Å². The van der Waals surface area contributed by atoms with Crippen LogP contribution in [0.4, 0.5) is 0 Å². The second kappa shape index (κ2) is 8.50. The minimum Gasteiger partial charge on any atom is -0.381 e. The zero-order valence-electron chi connectivity index (χ0n) is 14.3. The van der Waals surface area contributed by atoms with Crippen molar-refractivity contribution in [1.82, 2.24) is 5.32 Å². The highest BCUT2D eigenvalue weighted by Gasteiger charge is 2.50. The molecule has 1 aliphatic heterocycles. The average Bonchev–Trinajstić information content (AvgIpc) is 3.21. The standard InChI is InChI=1S/C18H35NO2/c1-4-10-19-14-18(8-12-20-11-7-15(2)3)9-13-21-17(18)16-5-6-16/h15-17,19H,4-14H2,1-3H3. The summed E-state index contributed by atoms with van der Waals surface area (Å²) in [6.45, 7) is 11.7. The van der Waals surface area contributed by atoms with Crippen molar-refractivity contribution in [3.8, 4) is 0 Å². The summed E-state index contributed by atoms with van der Waals surface area (Å²) in [5.74, 6) is 1.56. The highest BCUT2D eigenvalue weighted by Crippen LogP contribution is 2.49. The molecule has 2 unspecified atom stereocenters. The summed E-state index contributed by atoms with van der Waals surface area (Å²) in [4.78, 5) is 0. The minimum atomic E-state index is 0.328. The molecule has 0 radical (unpaired) electrons. The third kappa shape index (κ3) is 5.22. The Bertz CT molecular complexity index is 291. The van der Waals surface area contributed by atoms with Gasteiger partial charge in [-0.05, 0) is 56.9 Å². The van der Waals surface area contributed by atoms with Gasteiger partial charge in [-0.1, -0.05) is 20.8 Å². The first-order valence-corrected chi connectivity index (χ1v) is 9.08. The largest absolute Gasteiger partial charge is 0.381 e. The van der Waals surface area contributed by atoms with E-state index in [1.165, 1.54) is 32.1 Å². The van der Waals surface area contributed by atoms with Crippen LogP contribution in [0.25, 0.3) is 0 Å². The number of nitrogens with one attached hydrogen (secondary N) is 1. The Morgan fingerprint density at radius 3 is 2.76 bits per heavy atom. The fourth-order valence-corrected chi connectivity index (χ4v) is 3.50. The molecule has 0 aromatic heterocycles. The van der Waals surface area contributed by atoms with Crippen molar-refractivity contribution in [2.24, 2.45) is 17.3 Å². The molecule has 124 valence electrons. The first-order chi connectivity index (χ1) is 10.2. The van der Waals surface area contributed by atoms with Crippen molar-refractivity contribution in [3.63, 3.8) is 0 Å². The van der Waals surface area contributed by atoms with E-state index < -0.39 is 0 Å². The van der Waals surface area contributed by atoms with E-state index in [1.54, 1.807) is 0 Å². The van der Waals surface area contributed by atoms with Crippen LogP contribution in [0, 0.1) is 17.3 Å². The lowest BCUT2D eigenvalue weighted by molar-refractivity contribution is 0.00768. The molecule has 2 fully saturated rings. The lowest BCUT2D eigenvalue weighted by atomic mass is 9.76. The van der Waals surface area contributed by atoms with Gasteiger partial charge in [0.15, 0.2) is 0 Å². The first-order valence-electron chi connectivity index (χ1n) is 9.08. The first kappa shape index (κ1) is 17.2. The Morgan fingerprint density at radius 2 is 2.10 bits per heavy atom. The van der Waals surface area contributed by atoms with Gasteiger partial charge in [0.2, 0.25) is 0 Å². The highest BCUT2D eigenvalue weighted by molar-refractivity contribution is 5.00. The van der Waals surface area contributed by atoms with Gasteiger partial charge in [0.05, 0.1) is 6.10 Å². The molecule has 2 rings (SSSR count). The molecule has 3 nitrogen and oxygen atoms in total. The second-order valence-corrected chi connectivity index (χ2v) is 7.46. The second-order valence-electron chi connectivity index (χ2n) is 7.46. The van der Waals surface area contributed by atoms with Crippen molar-refractivity contribution < 1.29 is 9.47 Å². The van der Waals surface area contributed by atoms with Crippen molar-refractivity contribution in [1.29, 1.82) is 0 Å². The molecule has 3 heteroatoms. The Hall–Kier alpha value is -0.120. The Kier molecular flexibility index (Phi) is 6.97. The molecule has 1 heterocycles. The van der Waals surface area contributed by atoms with Crippen LogP contribution in [-0.4, -0.2) is 39.0 Å². The van der Waals surface area contributed by atoms with E-state index in [2.05, 4.69) is 26.1 Å². The summed E-state index contributed by atoms with van der Waals surface area (Å²) in [5.41, 5.74) is 0.328. The molecule has 0 spiro atoms. The molecule has 0 amide bonds. The van der Waals surface area contributed by atoms with Gasteiger partial charge >= 0.3 is 0 Å². The van der Waals surface area contributed by atoms with Gasteiger partial charge in [0.25, 0.3) is 0 Å². The molecular weight excluding hydrogens is 262 g/mol. The maximum Gasteiger partial charge on any atom is 0.0673 e. The van der Waals surface area contributed by atoms with Gasteiger partial charge in [-0.25, -0.2) is 0 Å². The maximum absolute atomic E-state index is 6.12. The van der Waals surface area contributed by atoms with Crippen LogP contribution in [0.3, 0.4) is 0 Å². The van der Waals surface area contributed by atoms with E-state index in [0.29, 0.717) is 11.5 Å². The molecule has 0 aromatic rings. The van der Waals surface area contributed by atoms with Crippen molar-refractivity contribution in [3.05, 3.63) is 0 Å². The summed E-state index contributed by atoms with van der Waals surface area (Å²) >= 11 is 0. The predicted molar refractivity (Wildman–Crippen MR) is 87.6 cm³/mol. The summed E-state index contributed by atoms with van der Waals surface area (Å²) in [6, 6.07) is 0. The normalized spacial score (nSPS) is 29.4. The van der Waals surface area contributed by atoms with E-state index in [-0.39, 0.29) is 0 Å². The molecule has 1 saturated heterocycles. The zero-order chi connectivity index (χ0) is 15.1. The van der Waals surface area contributed by atoms with E-state index in [0.717, 1.165) is 51.2 Å². The smallest absolute Gasteiger partial charge is 0.0673 e. The molecule has 2 atom stereocenters. The van der Waals surface area contributed by atoms with Crippen LogP contribution in [0.5, 0.6) is 0 Å². The van der Waals surface area contributed by atoms with Crippen molar-refractivity contribution >= 4 is 0 Å². The van der Waals surface area contributed by atoms with Crippen LogP contribution in [0.2, 0.25) is 0 Å². The topological polar surface area (TPSA) is 30.5 Å². The van der Waals surface area contributed by atoms with E-state index in [4.69, 9.17) is 9.47 Å². The third-order valence-electron chi connectivity index (χ3n) is 5.04. The Labute approximate surface area is 131 Å². The van der Waals surface area contributed by atoms with Gasteiger partial charge < -0.3 is 14.8 Å². The van der Waals surface area contributed by atoms with Gasteiger partial charge in [-0.15, -0.1) is 0 Å². The number of hydrogen-bond donors (Lipinski definition) is 1. The molecule has 21 heavy (non-hydrogen) atoms. The van der Waals surface area contributed by atoms with Gasteiger partial charge in [0, 0.05) is 31.8 Å². The van der Waals surface area contributed by atoms with E-state index >= 15 is 0 Å². The minimum absolute atomic E-state index is 0.328. The molecule has 0 bridgehead atoms.